The lowest BCUT2D eigenvalue weighted by molar-refractivity contribution is 0.182. The summed E-state index contributed by atoms with van der Waals surface area (Å²) in [4.78, 5) is 2.19. The highest BCUT2D eigenvalue weighted by molar-refractivity contribution is 6.33. The van der Waals surface area contributed by atoms with E-state index in [4.69, 9.17) is 16.3 Å². The van der Waals surface area contributed by atoms with Crippen LogP contribution in [-0.2, 0) is 4.74 Å². The van der Waals surface area contributed by atoms with Gasteiger partial charge in [0, 0.05) is 19.7 Å². The maximum Gasteiger partial charge on any atom is 0.0762 e. The van der Waals surface area contributed by atoms with Gasteiger partial charge in [-0.3, -0.25) is 0 Å². The molecule has 0 radical (unpaired) electrons. The Hall–Kier alpha value is -0.770. The molecule has 1 aromatic carbocycles. The minimum atomic E-state index is -0.497. The summed E-state index contributed by atoms with van der Waals surface area (Å²) in [6.07, 6.45) is -0.497. The third-order valence-corrected chi connectivity index (χ3v) is 3.35. The average Bonchev–Trinajstić information content (AvgIpc) is 2.32. The van der Waals surface area contributed by atoms with Crippen LogP contribution in [0.4, 0.5) is 5.69 Å². The van der Waals surface area contributed by atoms with Crippen molar-refractivity contribution in [3.8, 4) is 0 Å². The van der Waals surface area contributed by atoms with Gasteiger partial charge in [0.1, 0.15) is 0 Å². The van der Waals surface area contributed by atoms with Crippen molar-refractivity contribution in [3.63, 3.8) is 0 Å². The lowest BCUT2D eigenvalue weighted by atomic mass is 10.1. The number of halogens is 1. The van der Waals surface area contributed by atoms with Crippen molar-refractivity contribution in [2.75, 3.05) is 25.2 Å². The van der Waals surface area contributed by atoms with E-state index in [9.17, 15) is 5.11 Å². The van der Waals surface area contributed by atoms with Gasteiger partial charge in [-0.15, -0.1) is 0 Å². The Morgan fingerprint density at radius 1 is 1.39 bits per heavy atom. The number of hydrogen-bond donors (Lipinski definition) is 1. The molecule has 102 valence electrons. The molecule has 1 unspecified atom stereocenters. The first kappa shape index (κ1) is 15.3. The van der Waals surface area contributed by atoms with Crippen molar-refractivity contribution >= 4 is 17.3 Å². The van der Waals surface area contributed by atoms with Gasteiger partial charge in [-0.05, 0) is 38.5 Å². The average molecular weight is 272 g/mol. The largest absolute Gasteiger partial charge is 0.389 e. The van der Waals surface area contributed by atoms with Gasteiger partial charge in [0.2, 0.25) is 0 Å². The quantitative estimate of drug-likeness (QED) is 0.862. The van der Waals surface area contributed by atoms with Gasteiger partial charge in [0.15, 0.2) is 0 Å². The Morgan fingerprint density at radius 3 is 2.50 bits per heavy atom. The van der Waals surface area contributed by atoms with E-state index in [1.54, 1.807) is 14.0 Å². The molecule has 2 atom stereocenters. The van der Waals surface area contributed by atoms with Crippen LogP contribution >= 0.6 is 11.6 Å². The van der Waals surface area contributed by atoms with E-state index in [1.807, 2.05) is 18.2 Å². The van der Waals surface area contributed by atoms with Crippen LogP contribution in [0.1, 0.15) is 32.4 Å². The first-order chi connectivity index (χ1) is 8.51. The molecule has 0 saturated heterocycles. The van der Waals surface area contributed by atoms with Crippen molar-refractivity contribution in [2.45, 2.75) is 32.9 Å². The predicted octanol–water partition coefficient (Wildman–Crippen LogP) is 3.25. The highest BCUT2D eigenvalue weighted by Gasteiger charge is 2.16. The summed E-state index contributed by atoms with van der Waals surface area (Å²) in [7, 11) is 1.70. The van der Waals surface area contributed by atoms with Crippen LogP contribution in [0.15, 0.2) is 18.2 Å². The van der Waals surface area contributed by atoms with Gasteiger partial charge >= 0.3 is 0 Å². The van der Waals surface area contributed by atoms with Crippen LogP contribution in [0.3, 0.4) is 0 Å². The predicted molar refractivity (Wildman–Crippen MR) is 76.4 cm³/mol. The van der Waals surface area contributed by atoms with Gasteiger partial charge in [-0.2, -0.15) is 0 Å². The molecular formula is C14H22ClNO2. The zero-order valence-corrected chi connectivity index (χ0v) is 12.2. The third kappa shape index (κ3) is 3.61. The SMILES string of the molecule is CCN(c1ccc([C@@H](C)O)cc1Cl)C(C)COC. The number of nitrogens with zero attached hydrogens (tertiary/aromatic N) is 1. The number of ether oxygens (including phenoxy) is 1. The highest BCUT2D eigenvalue weighted by atomic mass is 35.5. The molecule has 0 aliphatic carbocycles. The van der Waals surface area contributed by atoms with Crippen LogP contribution in [0.25, 0.3) is 0 Å². The van der Waals surface area contributed by atoms with E-state index < -0.39 is 6.10 Å². The summed E-state index contributed by atoms with van der Waals surface area (Å²) in [6, 6.07) is 5.95. The van der Waals surface area contributed by atoms with Crippen molar-refractivity contribution in [2.24, 2.45) is 0 Å². The molecule has 0 aliphatic heterocycles. The maximum atomic E-state index is 9.54. The number of rotatable bonds is 6. The van der Waals surface area contributed by atoms with E-state index in [2.05, 4.69) is 18.7 Å². The molecule has 1 rings (SSSR count). The van der Waals surface area contributed by atoms with Crippen molar-refractivity contribution in [1.82, 2.24) is 0 Å². The van der Waals surface area contributed by atoms with Crippen molar-refractivity contribution < 1.29 is 9.84 Å². The van der Waals surface area contributed by atoms with Gasteiger partial charge in [0.05, 0.1) is 23.4 Å². The van der Waals surface area contributed by atoms with E-state index >= 15 is 0 Å². The van der Waals surface area contributed by atoms with Crippen LogP contribution in [-0.4, -0.2) is 31.4 Å². The number of methoxy groups -OCH3 is 1. The van der Waals surface area contributed by atoms with Crippen LogP contribution < -0.4 is 4.90 Å². The molecule has 0 aromatic heterocycles. The smallest absolute Gasteiger partial charge is 0.0762 e. The summed E-state index contributed by atoms with van der Waals surface area (Å²) in [5.41, 5.74) is 1.81. The molecule has 0 heterocycles. The number of anilines is 1. The topological polar surface area (TPSA) is 32.7 Å². The third-order valence-electron chi connectivity index (χ3n) is 3.04. The summed E-state index contributed by atoms with van der Waals surface area (Å²) in [6.45, 7) is 7.44. The van der Waals surface area contributed by atoms with E-state index in [0.717, 1.165) is 17.8 Å². The molecule has 4 heteroatoms. The van der Waals surface area contributed by atoms with Gasteiger partial charge in [0.25, 0.3) is 0 Å². The first-order valence-corrected chi connectivity index (χ1v) is 6.62. The number of aliphatic hydroxyl groups excluding tert-OH is 1. The second kappa shape index (κ2) is 6.98. The van der Waals surface area contributed by atoms with E-state index in [1.165, 1.54) is 0 Å². The molecule has 1 N–H and O–H groups in total. The second-order valence-corrected chi connectivity index (χ2v) is 4.88. The second-order valence-electron chi connectivity index (χ2n) is 4.48. The van der Waals surface area contributed by atoms with E-state index in [-0.39, 0.29) is 6.04 Å². The number of aliphatic hydroxyl groups is 1. The molecule has 0 aliphatic rings. The zero-order valence-electron chi connectivity index (χ0n) is 11.5. The normalized spacial score (nSPS) is 14.3. The molecule has 0 fully saturated rings. The fourth-order valence-corrected chi connectivity index (χ4v) is 2.36. The monoisotopic (exact) mass is 271 g/mol. The molecular weight excluding hydrogens is 250 g/mol. The molecule has 0 bridgehead atoms. The van der Waals surface area contributed by atoms with Crippen molar-refractivity contribution in [1.29, 1.82) is 0 Å². The Labute approximate surface area is 114 Å². The highest BCUT2D eigenvalue weighted by Crippen LogP contribution is 2.30. The Bertz CT molecular complexity index is 382. The standard InChI is InChI=1S/C14H22ClNO2/c1-5-16(10(2)9-18-4)14-7-6-12(11(3)17)8-13(14)15/h6-8,10-11,17H,5,9H2,1-4H3/t10?,11-/m1/s1. The molecule has 3 nitrogen and oxygen atoms in total. The first-order valence-electron chi connectivity index (χ1n) is 6.24. The summed E-state index contributed by atoms with van der Waals surface area (Å²) < 4.78 is 5.18. The molecule has 0 saturated carbocycles. The van der Waals surface area contributed by atoms with Crippen LogP contribution in [0.5, 0.6) is 0 Å². The number of likely N-dealkylation sites (N-methyl/N-ethyl adjacent to an activating group) is 1. The Morgan fingerprint density at radius 2 is 2.06 bits per heavy atom. The Kier molecular flexibility index (Phi) is 5.93. The van der Waals surface area contributed by atoms with E-state index in [0.29, 0.717) is 11.6 Å². The summed E-state index contributed by atoms with van der Waals surface area (Å²) >= 11 is 6.30. The van der Waals surface area contributed by atoms with Gasteiger partial charge in [-0.25, -0.2) is 0 Å². The van der Waals surface area contributed by atoms with Gasteiger partial charge in [-0.1, -0.05) is 17.7 Å². The van der Waals surface area contributed by atoms with Crippen LogP contribution in [0.2, 0.25) is 5.02 Å². The fourth-order valence-electron chi connectivity index (χ4n) is 2.07. The minimum Gasteiger partial charge on any atom is -0.389 e. The van der Waals surface area contributed by atoms with Crippen LogP contribution in [0, 0.1) is 0 Å². The fraction of sp³-hybridized carbons (Fsp3) is 0.571. The van der Waals surface area contributed by atoms with Crippen molar-refractivity contribution in [3.05, 3.63) is 28.8 Å². The summed E-state index contributed by atoms with van der Waals surface area (Å²) in [5, 5.41) is 10.2. The Balaban J connectivity index is 2.99. The molecule has 0 spiro atoms. The lowest BCUT2D eigenvalue weighted by Crippen LogP contribution is -2.36. The molecule has 1 aromatic rings. The molecule has 0 amide bonds. The van der Waals surface area contributed by atoms with Gasteiger partial charge < -0.3 is 14.7 Å². The molecule has 18 heavy (non-hydrogen) atoms. The number of benzene rings is 1. The maximum absolute atomic E-state index is 9.54. The number of hydrogen-bond acceptors (Lipinski definition) is 3. The zero-order chi connectivity index (χ0) is 13.7. The minimum absolute atomic E-state index is 0.259. The lowest BCUT2D eigenvalue weighted by Gasteiger charge is -2.30. The summed E-state index contributed by atoms with van der Waals surface area (Å²) in [5.74, 6) is 0.